The van der Waals surface area contributed by atoms with Crippen molar-refractivity contribution in [3.05, 3.63) is 24.3 Å². The Kier molecular flexibility index (Phi) is 4.66. The van der Waals surface area contributed by atoms with E-state index in [9.17, 15) is 0 Å². The molecule has 1 unspecified atom stereocenters. The molecule has 0 radical (unpaired) electrons. The molecule has 1 aromatic carbocycles. The molecule has 4 nitrogen and oxygen atoms in total. The van der Waals surface area contributed by atoms with E-state index in [1.807, 2.05) is 31.2 Å². The first-order chi connectivity index (χ1) is 10.3. The van der Waals surface area contributed by atoms with Crippen LogP contribution in [0.25, 0.3) is 0 Å². The van der Waals surface area contributed by atoms with Crippen LogP contribution in [0.15, 0.2) is 24.3 Å². The Morgan fingerprint density at radius 2 is 1.90 bits per heavy atom. The Morgan fingerprint density at radius 3 is 2.57 bits per heavy atom. The molecule has 1 aromatic rings. The van der Waals surface area contributed by atoms with Crippen LogP contribution in [0.5, 0.6) is 11.5 Å². The van der Waals surface area contributed by atoms with Gasteiger partial charge in [0, 0.05) is 19.6 Å². The fourth-order valence-corrected chi connectivity index (χ4v) is 3.45. The quantitative estimate of drug-likeness (QED) is 0.870. The molecule has 0 aliphatic carbocycles. The summed E-state index contributed by atoms with van der Waals surface area (Å²) in [6.45, 7) is 9.31. The van der Waals surface area contributed by atoms with Crippen molar-refractivity contribution in [1.29, 1.82) is 0 Å². The van der Waals surface area contributed by atoms with E-state index in [0.717, 1.165) is 24.7 Å². The van der Waals surface area contributed by atoms with Crippen LogP contribution in [0.1, 0.15) is 19.8 Å². The van der Waals surface area contributed by atoms with Crippen LogP contribution in [-0.4, -0.2) is 50.8 Å². The van der Waals surface area contributed by atoms with Gasteiger partial charge in [-0.25, -0.2) is 0 Å². The van der Waals surface area contributed by atoms with Crippen molar-refractivity contribution in [2.45, 2.75) is 19.8 Å². The molecule has 0 amide bonds. The van der Waals surface area contributed by atoms with E-state index in [1.165, 1.54) is 39.0 Å². The van der Waals surface area contributed by atoms with Crippen molar-refractivity contribution in [3.8, 4) is 11.5 Å². The molecular weight excluding hydrogens is 264 g/mol. The minimum Gasteiger partial charge on any atom is -0.494 e. The van der Waals surface area contributed by atoms with Crippen molar-refractivity contribution in [1.82, 2.24) is 10.2 Å². The molecule has 0 bridgehead atoms. The molecule has 2 saturated heterocycles. The van der Waals surface area contributed by atoms with Crippen LogP contribution in [0.3, 0.4) is 0 Å². The first-order valence-corrected chi connectivity index (χ1v) is 8.08. The Balaban J connectivity index is 1.40. The summed E-state index contributed by atoms with van der Waals surface area (Å²) in [4.78, 5) is 2.54. The molecule has 2 fully saturated rings. The lowest BCUT2D eigenvalue weighted by Crippen LogP contribution is -2.31. The predicted octanol–water partition coefficient (Wildman–Crippen LogP) is 2.15. The van der Waals surface area contributed by atoms with Crippen LogP contribution in [-0.2, 0) is 0 Å². The number of ether oxygens (including phenoxy) is 2. The second kappa shape index (κ2) is 6.67. The van der Waals surface area contributed by atoms with Gasteiger partial charge in [-0.05, 0) is 62.5 Å². The molecule has 1 spiro atoms. The van der Waals surface area contributed by atoms with E-state index in [2.05, 4.69) is 10.2 Å². The zero-order chi connectivity index (χ0) is 14.5. The average molecular weight is 290 g/mol. The summed E-state index contributed by atoms with van der Waals surface area (Å²) >= 11 is 0. The third-order valence-corrected chi connectivity index (χ3v) is 4.66. The smallest absolute Gasteiger partial charge is 0.119 e. The zero-order valence-corrected chi connectivity index (χ0v) is 12.9. The van der Waals surface area contributed by atoms with E-state index in [0.29, 0.717) is 12.0 Å². The standard InChI is InChI=1S/C17H26N2O2/c1-2-20-15-3-5-16(6-4-15)21-12-11-19-10-8-17(14-19)7-9-18-13-17/h3-6,18H,2,7-14H2,1H3. The van der Waals surface area contributed by atoms with Crippen molar-refractivity contribution < 1.29 is 9.47 Å². The Bertz CT molecular complexity index is 441. The number of nitrogens with one attached hydrogen (secondary N) is 1. The summed E-state index contributed by atoms with van der Waals surface area (Å²) in [6.07, 6.45) is 2.67. The van der Waals surface area contributed by atoms with Crippen LogP contribution in [0.4, 0.5) is 0 Å². The molecule has 2 heterocycles. The molecule has 0 saturated carbocycles. The van der Waals surface area contributed by atoms with Crippen LogP contribution >= 0.6 is 0 Å². The number of hydrogen-bond donors (Lipinski definition) is 1. The van der Waals surface area contributed by atoms with Gasteiger partial charge in [-0.15, -0.1) is 0 Å². The molecule has 116 valence electrons. The van der Waals surface area contributed by atoms with Crippen LogP contribution in [0.2, 0.25) is 0 Å². The average Bonchev–Trinajstić information content (AvgIpc) is 3.12. The number of likely N-dealkylation sites (tertiary alicyclic amines) is 1. The van der Waals surface area contributed by atoms with Gasteiger partial charge in [0.25, 0.3) is 0 Å². The number of nitrogens with zero attached hydrogens (tertiary/aromatic N) is 1. The van der Waals surface area contributed by atoms with Crippen molar-refractivity contribution in [2.75, 3.05) is 45.9 Å². The molecule has 2 aliphatic heterocycles. The largest absolute Gasteiger partial charge is 0.494 e. The SMILES string of the molecule is CCOc1ccc(OCCN2CCC3(CCNC3)C2)cc1. The Labute approximate surface area is 127 Å². The second-order valence-electron chi connectivity index (χ2n) is 6.21. The topological polar surface area (TPSA) is 33.7 Å². The first kappa shape index (κ1) is 14.7. The Morgan fingerprint density at radius 1 is 1.14 bits per heavy atom. The van der Waals surface area contributed by atoms with Gasteiger partial charge in [0.2, 0.25) is 0 Å². The molecule has 1 N–H and O–H groups in total. The van der Waals surface area contributed by atoms with Gasteiger partial charge in [-0.3, -0.25) is 4.90 Å². The Hall–Kier alpha value is -1.26. The second-order valence-corrected chi connectivity index (χ2v) is 6.21. The molecule has 3 rings (SSSR count). The lowest BCUT2D eigenvalue weighted by molar-refractivity contribution is 0.217. The first-order valence-electron chi connectivity index (χ1n) is 8.08. The van der Waals surface area contributed by atoms with Gasteiger partial charge in [0.1, 0.15) is 18.1 Å². The van der Waals surface area contributed by atoms with E-state index in [4.69, 9.17) is 9.47 Å². The highest BCUT2D eigenvalue weighted by molar-refractivity contribution is 5.31. The lowest BCUT2D eigenvalue weighted by atomic mass is 9.87. The molecule has 0 aromatic heterocycles. The van der Waals surface area contributed by atoms with Crippen molar-refractivity contribution in [2.24, 2.45) is 5.41 Å². The fourth-order valence-electron chi connectivity index (χ4n) is 3.45. The third kappa shape index (κ3) is 3.69. The third-order valence-electron chi connectivity index (χ3n) is 4.66. The van der Waals surface area contributed by atoms with Gasteiger partial charge in [0.05, 0.1) is 6.61 Å². The molecule has 2 aliphatic rings. The molecule has 4 heteroatoms. The monoisotopic (exact) mass is 290 g/mol. The summed E-state index contributed by atoms with van der Waals surface area (Å²) in [7, 11) is 0. The minimum atomic E-state index is 0.555. The van der Waals surface area contributed by atoms with Crippen molar-refractivity contribution in [3.63, 3.8) is 0 Å². The molecule has 1 atom stereocenters. The van der Waals surface area contributed by atoms with E-state index < -0.39 is 0 Å². The summed E-state index contributed by atoms with van der Waals surface area (Å²) < 4.78 is 11.3. The predicted molar refractivity (Wildman–Crippen MR) is 84.1 cm³/mol. The fraction of sp³-hybridized carbons (Fsp3) is 0.647. The maximum atomic E-state index is 5.84. The van der Waals surface area contributed by atoms with Crippen LogP contribution in [0, 0.1) is 5.41 Å². The van der Waals surface area contributed by atoms with Gasteiger partial charge in [-0.2, -0.15) is 0 Å². The zero-order valence-electron chi connectivity index (χ0n) is 12.9. The van der Waals surface area contributed by atoms with Gasteiger partial charge < -0.3 is 14.8 Å². The van der Waals surface area contributed by atoms with Gasteiger partial charge in [-0.1, -0.05) is 0 Å². The maximum Gasteiger partial charge on any atom is 0.119 e. The summed E-state index contributed by atoms with van der Waals surface area (Å²) in [6, 6.07) is 7.90. The summed E-state index contributed by atoms with van der Waals surface area (Å²) in [5.74, 6) is 1.83. The highest BCUT2D eigenvalue weighted by atomic mass is 16.5. The van der Waals surface area contributed by atoms with Gasteiger partial charge >= 0.3 is 0 Å². The summed E-state index contributed by atoms with van der Waals surface area (Å²) in [5.41, 5.74) is 0.555. The van der Waals surface area contributed by atoms with Crippen molar-refractivity contribution >= 4 is 0 Å². The minimum absolute atomic E-state index is 0.555. The van der Waals surface area contributed by atoms with E-state index in [-0.39, 0.29) is 0 Å². The van der Waals surface area contributed by atoms with E-state index in [1.54, 1.807) is 0 Å². The molecular formula is C17H26N2O2. The summed E-state index contributed by atoms with van der Waals surface area (Å²) in [5, 5.41) is 3.50. The number of hydrogen-bond acceptors (Lipinski definition) is 4. The normalized spacial score (nSPS) is 25.6. The number of rotatable bonds is 6. The lowest BCUT2D eigenvalue weighted by Gasteiger charge is -2.22. The number of benzene rings is 1. The highest BCUT2D eigenvalue weighted by Gasteiger charge is 2.39. The van der Waals surface area contributed by atoms with Crippen LogP contribution < -0.4 is 14.8 Å². The maximum absolute atomic E-state index is 5.84. The van der Waals surface area contributed by atoms with Gasteiger partial charge in [0.15, 0.2) is 0 Å². The van der Waals surface area contributed by atoms with E-state index >= 15 is 0 Å². The highest BCUT2D eigenvalue weighted by Crippen LogP contribution is 2.35. The molecule has 21 heavy (non-hydrogen) atoms.